The van der Waals surface area contributed by atoms with Gasteiger partial charge in [0.15, 0.2) is 0 Å². The molecule has 0 bridgehead atoms. The van der Waals surface area contributed by atoms with Gasteiger partial charge in [0.05, 0.1) is 0 Å². The Morgan fingerprint density at radius 3 is 1.67 bits per heavy atom. The highest BCUT2D eigenvalue weighted by Crippen LogP contribution is 2.14. The van der Waals surface area contributed by atoms with Crippen LogP contribution in [0.15, 0.2) is 0 Å². The van der Waals surface area contributed by atoms with E-state index in [1.54, 1.807) is 0 Å². The Morgan fingerprint density at radius 2 is 1.67 bits per heavy atom. The van der Waals surface area contributed by atoms with Gasteiger partial charge in [-0.25, -0.2) is 0 Å². The summed E-state index contributed by atoms with van der Waals surface area (Å²) in [5.74, 6) is 0. The Kier molecular flexibility index (Phi) is 9.77. The minimum atomic E-state index is -0.0972. The van der Waals surface area contributed by atoms with Gasteiger partial charge in [-0.3, -0.25) is 0 Å². The molecule has 0 N–H and O–H groups in total. The maximum atomic E-state index is 10.1. The average Bonchev–Trinajstić information content (AvgIpc) is 2.07. The van der Waals surface area contributed by atoms with Gasteiger partial charge in [-0.15, -0.1) is 0 Å². The number of carbonyl (C=O) groups is 2. The molecule has 0 aromatic carbocycles. The number of hydrogen-bond donors (Lipinski definition) is 0. The molecular formula is C10H20O2. The van der Waals surface area contributed by atoms with Crippen LogP contribution in [0.25, 0.3) is 0 Å². The lowest BCUT2D eigenvalue weighted by molar-refractivity contribution is -0.114. The number of aldehydes is 2. The van der Waals surface area contributed by atoms with E-state index in [0.717, 1.165) is 25.4 Å². The smallest absolute Gasteiger partial charge is 0.125 e. The molecule has 0 saturated heterocycles. The highest BCUT2D eigenvalue weighted by molar-refractivity contribution is 5.57. The topological polar surface area (TPSA) is 34.1 Å². The van der Waals surface area contributed by atoms with Gasteiger partial charge in [0.1, 0.15) is 12.6 Å². The normalized spacial score (nSPS) is 9.67. The summed E-state index contributed by atoms with van der Waals surface area (Å²) in [6, 6.07) is 0. The fraction of sp³-hybridized carbons (Fsp3) is 0.800. The van der Waals surface area contributed by atoms with E-state index in [1.165, 1.54) is 0 Å². The summed E-state index contributed by atoms with van der Waals surface area (Å²) >= 11 is 0. The first-order valence-electron chi connectivity index (χ1n) is 4.44. The molecule has 0 spiro atoms. The lowest BCUT2D eigenvalue weighted by Crippen LogP contribution is -2.09. The molecule has 0 radical (unpaired) electrons. The summed E-state index contributed by atoms with van der Waals surface area (Å²) in [6.45, 7) is 7.85. The molecule has 0 fully saturated rings. The summed E-state index contributed by atoms with van der Waals surface area (Å²) in [5.41, 5.74) is -0.0972. The average molecular weight is 172 g/mol. The van der Waals surface area contributed by atoms with E-state index in [1.807, 2.05) is 27.7 Å². The summed E-state index contributed by atoms with van der Waals surface area (Å²) in [4.78, 5) is 19.5. The number of hydrogen-bond acceptors (Lipinski definition) is 2. The molecule has 0 rings (SSSR count). The molecule has 0 saturated carbocycles. The van der Waals surface area contributed by atoms with Crippen LogP contribution in [-0.2, 0) is 9.59 Å². The van der Waals surface area contributed by atoms with Crippen molar-refractivity contribution in [2.75, 3.05) is 0 Å². The first-order valence-corrected chi connectivity index (χ1v) is 4.44. The van der Waals surface area contributed by atoms with Crippen LogP contribution in [0.4, 0.5) is 0 Å². The fourth-order valence-corrected chi connectivity index (χ4v) is 0.201. The third kappa shape index (κ3) is 12.1. The molecule has 12 heavy (non-hydrogen) atoms. The van der Waals surface area contributed by atoms with Crippen molar-refractivity contribution in [1.29, 1.82) is 0 Å². The second-order valence-corrected chi connectivity index (χ2v) is 3.42. The summed E-state index contributed by atoms with van der Waals surface area (Å²) in [7, 11) is 0. The standard InChI is InChI=1S/C6H12O.C4H8O/c1-4-6(2,3)5-7;1-2-3-4-5/h5H,4H2,1-3H3;4H,2-3H2,1H3. The predicted octanol–water partition coefficient (Wildman–Crippen LogP) is 2.61. The van der Waals surface area contributed by atoms with Crippen LogP contribution in [0, 0.1) is 5.41 Å². The molecule has 2 nitrogen and oxygen atoms in total. The van der Waals surface area contributed by atoms with Gasteiger partial charge in [-0.05, 0) is 12.8 Å². The van der Waals surface area contributed by atoms with E-state index < -0.39 is 0 Å². The van der Waals surface area contributed by atoms with Crippen LogP contribution in [-0.4, -0.2) is 12.6 Å². The molecule has 0 aromatic rings. The fourth-order valence-electron chi connectivity index (χ4n) is 0.201. The highest BCUT2D eigenvalue weighted by Gasteiger charge is 2.11. The van der Waals surface area contributed by atoms with Crippen LogP contribution in [0.1, 0.15) is 47.0 Å². The third-order valence-corrected chi connectivity index (χ3v) is 1.64. The minimum absolute atomic E-state index is 0.0972. The van der Waals surface area contributed by atoms with Crippen molar-refractivity contribution in [3.05, 3.63) is 0 Å². The van der Waals surface area contributed by atoms with E-state index in [-0.39, 0.29) is 5.41 Å². The van der Waals surface area contributed by atoms with Crippen molar-refractivity contribution in [3.63, 3.8) is 0 Å². The number of rotatable bonds is 4. The zero-order valence-corrected chi connectivity index (χ0v) is 8.59. The Bertz CT molecular complexity index is 117. The third-order valence-electron chi connectivity index (χ3n) is 1.64. The van der Waals surface area contributed by atoms with Gasteiger partial charge in [0.25, 0.3) is 0 Å². The van der Waals surface area contributed by atoms with Crippen molar-refractivity contribution in [2.24, 2.45) is 5.41 Å². The molecule has 0 atom stereocenters. The van der Waals surface area contributed by atoms with Gasteiger partial charge in [0, 0.05) is 11.8 Å². The Labute approximate surface area is 75.4 Å². The Balaban J connectivity index is 0. The van der Waals surface area contributed by atoms with Gasteiger partial charge in [0.2, 0.25) is 0 Å². The summed E-state index contributed by atoms with van der Waals surface area (Å²) < 4.78 is 0. The van der Waals surface area contributed by atoms with Crippen molar-refractivity contribution in [2.45, 2.75) is 47.0 Å². The first-order chi connectivity index (χ1) is 5.54. The quantitative estimate of drug-likeness (QED) is 0.611. The van der Waals surface area contributed by atoms with E-state index in [9.17, 15) is 9.59 Å². The minimum Gasteiger partial charge on any atom is -0.303 e. The van der Waals surface area contributed by atoms with Gasteiger partial charge >= 0.3 is 0 Å². The zero-order valence-electron chi connectivity index (χ0n) is 8.59. The van der Waals surface area contributed by atoms with E-state index in [2.05, 4.69) is 0 Å². The SMILES string of the molecule is CCC(C)(C)C=O.CCCC=O. The van der Waals surface area contributed by atoms with E-state index >= 15 is 0 Å². The highest BCUT2D eigenvalue weighted by atomic mass is 16.1. The molecule has 0 aromatic heterocycles. The number of unbranched alkanes of at least 4 members (excludes halogenated alkanes) is 1. The maximum Gasteiger partial charge on any atom is 0.125 e. The lowest BCUT2D eigenvalue weighted by atomic mass is 9.93. The predicted molar refractivity (Wildman–Crippen MR) is 51.1 cm³/mol. The van der Waals surface area contributed by atoms with Crippen molar-refractivity contribution < 1.29 is 9.59 Å². The second-order valence-electron chi connectivity index (χ2n) is 3.42. The molecule has 0 aliphatic carbocycles. The largest absolute Gasteiger partial charge is 0.303 e. The van der Waals surface area contributed by atoms with Crippen LogP contribution in [0.3, 0.4) is 0 Å². The van der Waals surface area contributed by atoms with Crippen LogP contribution in [0.5, 0.6) is 0 Å². The van der Waals surface area contributed by atoms with Crippen molar-refractivity contribution >= 4 is 12.6 Å². The molecule has 0 aliphatic rings. The van der Waals surface area contributed by atoms with Crippen LogP contribution in [0.2, 0.25) is 0 Å². The first kappa shape index (κ1) is 13.9. The molecule has 2 heteroatoms. The molecule has 72 valence electrons. The van der Waals surface area contributed by atoms with Crippen molar-refractivity contribution in [1.82, 2.24) is 0 Å². The monoisotopic (exact) mass is 172 g/mol. The van der Waals surface area contributed by atoms with Gasteiger partial charge in [-0.2, -0.15) is 0 Å². The summed E-state index contributed by atoms with van der Waals surface area (Å²) in [5, 5.41) is 0. The molecule has 0 amide bonds. The molecule has 0 heterocycles. The molecular weight excluding hydrogens is 152 g/mol. The Hall–Kier alpha value is -0.660. The van der Waals surface area contributed by atoms with E-state index in [4.69, 9.17) is 0 Å². The van der Waals surface area contributed by atoms with Crippen LogP contribution >= 0.6 is 0 Å². The molecule has 0 unspecified atom stereocenters. The molecule has 0 aliphatic heterocycles. The zero-order chi connectivity index (χ0) is 10.0. The van der Waals surface area contributed by atoms with Crippen LogP contribution < -0.4 is 0 Å². The van der Waals surface area contributed by atoms with Gasteiger partial charge in [-0.1, -0.05) is 27.7 Å². The number of carbonyl (C=O) groups excluding carboxylic acids is 2. The maximum absolute atomic E-state index is 10.1. The lowest BCUT2D eigenvalue weighted by Gasteiger charge is -2.10. The van der Waals surface area contributed by atoms with Gasteiger partial charge < -0.3 is 9.59 Å². The summed E-state index contributed by atoms with van der Waals surface area (Å²) in [6.07, 6.45) is 4.53. The Morgan fingerprint density at radius 1 is 1.17 bits per heavy atom. The second kappa shape index (κ2) is 8.44. The van der Waals surface area contributed by atoms with Crippen molar-refractivity contribution in [3.8, 4) is 0 Å². The van der Waals surface area contributed by atoms with E-state index in [0.29, 0.717) is 6.42 Å².